The zero-order chi connectivity index (χ0) is 22.2. The van der Waals surface area contributed by atoms with Gasteiger partial charge in [-0.1, -0.05) is 11.6 Å². The number of nitrogens with one attached hydrogen (secondary N) is 1. The van der Waals surface area contributed by atoms with Crippen molar-refractivity contribution in [3.63, 3.8) is 0 Å². The maximum atomic E-state index is 10.7. The van der Waals surface area contributed by atoms with Gasteiger partial charge in [-0.15, -0.1) is 0 Å². The molecule has 10 nitrogen and oxygen atoms in total. The number of nitrogens with zero attached hydrogens (tertiary/aromatic N) is 5. The standard InChI is InChI=1S/C21H22ClN7O3/c22-15-9-12-14-11-28(7-6-24-21(30)31)27-19(14)20(23)26-16(12)10-13(15)17-4-5-25-29(17)18-3-1-2-8-32-18/h4-5,9-11,18,24H,1-3,6-8H2,(H2,23,26)(H,30,31). The van der Waals surface area contributed by atoms with Crippen molar-refractivity contribution in [2.45, 2.75) is 32.0 Å². The third-order valence-corrected chi connectivity index (χ3v) is 5.93. The smallest absolute Gasteiger partial charge is 0.404 e. The van der Waals surface area contributed by atoms with Gasteiger partial charge >= 0.3 is 6.09 Å². The molecule has 0 bridgehead atoms. The number of amides is 1. The highest BCUT2D eigenvalue weighted by atomic mass is 35.5. The second kappa shape index (κ2) is 8.29. The molecule has 3 aromatic heterocycles. The Morgan fingerprint density at radius 1 is 1.34 bits per heavy atom. The maximum Gasteiger partial charge on any atom is 0.404 e. The lowest BCUT2D eigenvalue weighted by molar-refractivity contribution is -0.0383. The minimum absolute atomic E-state index is 0.112. The van der Waals surface area contributed by atoms with E-state index in [0.717, 1.165) is 47.9 Å². The molecule has 1 saturated heterocycles. The average Bonchev–Trinajstić information content (AvgIpc) is 3.42. The lowest BCUT2D eigenvalue weighted by Gasteiger charge is -2.24. The molecular weight excluding hydrogens is 434 g/mol. The highest BCUT2D eigenvalue weighted by Crippen LogP contribution is 2.37. The number of nitrogens with two attached hydrogens (primary N) is 1. The number of ether oxygens (including phenoxy) is 1. The lowest BCUT2D eigenvalue weighted by atomic mass is 10.1. The van der Waals surface area contributed by atoms with Crippen molar-refractivity contribution in [2.75, 3.05) is 18.9 Å². The van der Waals surface area contributed by atoms with Gasteiger partial charge in [0.2, 0.25) is 0 Å². The van der Waals surface area contributed by atoms with Crippen molar-refractivity contribution in [3.05, 3.63) is 35.6 Å². The van der Waals surface area contributed by atoms with Gasteiger partial charge in [0.15, 0.2) is 12.0 Å². The number of pyridine rings is 1. The number of carboxylic acid groups (broad SMARTS) is 1. The molecule has 4 heterocycles. The summed E-state index contributed by atoms with van der Waals surface area (Å²) in [6.45, 7) is 1.32. The van der Waals surface area contributed by atoms with Gasteiger partial charge < -0.3 is 20.9 Å². The average molecular weight is 456 g/mol. The van der Waals surface area contributed by atoms with Crippen molar-refractivity contribution in [1.29, 1.82) is 0 Å². The van der Waals surface area contributed by atoms with Gasteiger partial charge in [-0.25, -0.2) is 14.5 Å². The molecule has 0 saturated carbocycles. The summed E-state index contributed by atoms with van der Waals surface area (Å²) in [4.78, 5) is 15.2. The van der Waals surface area contributed by atoms with Crippen LogP contribution in [0, 0.1) is 0 Å². The monoisotopic (exact) mass is 455 g/mol. The molecular formula is C21H22ClN7O3. The molecule has 166 valence electrons. The zero-order valence-corrected chi connectivity index (χ0v) is 17.9. The van der Waals surface area contributed by atoms with Crippen LogP contribution < -0.4 is 11.1 Å². The van der Waals surface area contributed by atoms with E-state index < -0.39 is 6.09 Å². The summed E-state index contributed by atoms with van der Waals surface area (Å²) >= 11 is 6.73. The Balaban J connectivity index is 1.56. The summed E-state index contributed by atoms with van der Waals surface area (Å²) in [6.07, 6.45) is 5.44. The Morgan fingerprint density at radius 3 is 3.00 bits per heavy atom. The summed E-state index contributed by atoms with van der Waals surface area (Å²) in [5.74, 6) is 0.301. The molecule has 5 rings (SSSR count). The highest BCUT2D eigenvalue weighted by molar-refractivity contribution is 6.34. The van der Waals surface area contributed by atoms with Crippen LogP contribution in [-0.4, -0.2) is 48.9 Å². The van der Waals surface area contributed by atoms with Gasteiger partial charge in [0.05, 0.1) is 22.8 Å². The molecule has 0 aliphatic carbocycles. The largest absolute Gasteiger partial charge is 0.465 e. The molecule has 11 heteroatoms. The third kappa shape index (κ3) is 3.71. The topological polar surface area (TPSA) is 133 Å². The first-order valence-corrected chi connectivity index (χ1v) is 10.8. The first kappa shape index (κ1) is 20.5. The fourth-order valence-electron chi connectivity index (χ4n) is 4.12. The Labute approximate surface area is 187 Å². The number of rotatable bonds is 5. The Hall–Kier alpha value is -3.37. The van der Waals surface area contributed by atoms with Crippen molar-refractivity contribution >= 4 is 45.3 Å². The van der Waals surface area contributed by atoms with E-state index in [0.29, 0.717) is 28.4 Å². The van der Waals surface area contributed by atoms with Crippen molar-refractivity contribution < 1.29 is 14.6 Å². The molecule has 4 N–H and O–H groups in total. The normalized spacial score (nSPS) is 16.6. The summed E-state index contributed by atoms with van der Waals surface area (Å²) in [6, 6.07) is 5.69. The molecule has 32 heavy (non-hydrogen) atoms. The van der Waals surface area contributed by atoms with E-state index in [2.05, 4.69) is 20.5 Å². The quantitative estimate of drug-likeness (QED) is 0.418. The van der Waals surface area contributed by atoms with Gasteiger partial charge in [0.25, 0.3) is 0 Å². The van der Waals surface area contributed by atoms with Gasteiger partial charge in [0.1, 0.15) is 5.52 Å². The molecule has 1 aromatic carbocycles. The van der Waals surface area contributed by atoms with Crippen LogP contribution >= 0.6 is 11.6 Å². The van der Waals surface area contributed by atoms with Crippen molar-refractivity contribution in [3.8, 4) is 11.3 Å². The molecule has 4 aromatic rings. The fraction of sp³-hybridized carbons (Fsp3) is 0.333. The Kier molecular flexibility index (Phi) is 5.32. The van der Waals surface area contributed by atoms with Crippen molar-refractivity contribution in [1.82, 2.24) is 29.9 Å². The minimum atomic E-state index is -1.08. The molecule has 1 unspecified atom stereocenters. The molecule has 1 atom stereocenters. The summed E-state index contributed by atoms with van der Waals surface area (Å²) < 4.78 is 9.43. The lowest BCUT2D eigenvalue weighted by Crippen LogP contribution is -2.25. The molecule has 1 fully saturated rings. The highest BCUT2D eigenvalue weighted by Gasteiger charge is 2.22. The number of nitrogen functional groups attached to an aromatic ring is 1. The van der Waals surface area contributed by atoms with E-state index in [9.17, 15) is 4.79 Å². The zero-order valence-electron chi connectivity index (χ0n) is 17.2. The van der Waals surface area contributed by atoms with Gasteiger partial charge in [0, 0.05) is 41.9 Å². The van der Waals surface area contributed by atoms with Crippen LogP contribution in [0.25, 0.3) is 33.1 Å². The minimum Gasteiger partial charge on any atom is -0.465 e. The second-order valence-electron chi connectivity index (χ2n) is 7.71. The molecule has 0 radical (unpaired) electrons. The summed E-state index contributed by atoms with van der Waals surface area (Å²) in [5.41, 5.74) is 9.10. The number of hydrogen-bond donors (Lipinski definition) is 3. The summed E-state index contributed by atoms with van der Waals surface area (Å²) in [7, 11) is 0. The van der Waals surface area contributed by atoms with Gasteiger partial charge in [-0.05, 0) is 37.5 Å². The first-order valence-electron chi connectivity index (χ1n) is 10.4. The van der Waals surface area contributed by atoms with Crippen LogP contribution in [0.2, 0.25) is 5.02 Å². The number of aromatic nitrogens is 5. The van der Waals surface area contributed by atoms with Crippen LogP contribution in [-0.2, 0) is 11.3 Å². The predicted molar refractivity (Wildman–Crippen MR) is 121 cm³/mol. The SMILES string of the molecule is Nc1nc2cc(-c3ccnn3C3CCCCO3)c(Cl)cc2c2cn(CCNC(=O)O)nc12. The first-order chi connectivity index (χ1) is 15.5. The number of anilines is 1. The van der Waals surface area contributed by atoms with Crippen molar-refractivity contribution in [2.24, 2.45) is 0 Å². The van der Waals surface area contributed by atoms with Crippen LogP contribution in [0.3, 0.4) is 0 Å². The van der Waals surface area contributed by atoms with Crippen LogP contribution in [0.4, 0.5) is 10.6 Å². The molecule has 1 aliphatic rings. The number of benzene rings is 1. The Morgan fingerprint density at radius 2 is 2.22 bits per heavy atom. The predicted octanol–water partition coefficient (Wildman–Crippen LogP) is 3.65. The van der Waals surface area contributed by atoms with Crippen LogP contribution in [0.1, 0.15) is 25.5 Å². The van der Waals surface area contributed by atoms with Gasteiger partial charge in [-0.3, -0.25) is 4.68 Å². The van der Waals surface area contributed by atoms with E-state index in [-0.39, 0.29) is 12.8 Å². The molecule has 1 aliphatic heterocycles. The maximum absolute atomic E-state index is 10.7. The van der Waals surface area contributed by atoms with E-state index in [1.807, 2.05) is 29.1 Å². The van der Waals surface area contributed by atoms with Crippen LogP contribution in [0.15, 0.2) is 30.6 Å². The molecule has 0 spiro atoms. The van der Waals surface area contributed by atoms with E-state index in [1.54, 1.807) is 10.9 Å². The third-order valence-electron chi connectivity index (χ3n) is 5.61. The second-order valence-corrected chi connectivity index (χ2v) is 8.12. The number of carbonyl (C=O) groups is 1. The van der Waals surface area contributed by atoms with E-state index in [4.69, 9.17) is 27.2 Å². The van der Waals surface area contributed by atoms with E-state index >= 15 is 0 Å². The molecule has 1 amide bonds. The van der Waals surface area contributed by atoms with Gasteiger partial charge in [-0.2, -0.15) is 10.2 Å². The Bertz CT molecular complexity index is 1310. The summed E-state index contributed by atoms with van der Waals surface area (Å²) in [5, 5.41) is 22.2. The number of fused-ring (bicyclic) bond motifs is 3. The fourth-order valence-corrected chi connectivity index (χ4v) is 4.38. The van der Waals surface area contributed by atoms with E-state index in [1.165, 1.54) is 0 Å². The number of hydrogen-bond acceptors (Lipinski definition) is 6. The number of halogens is 1. The van der Waals surface area contributed by atoms with Crippen LogP contribution in [0.5, 0.6) is 0 Å².